The number of halogens is 1. The molecule has 13 heavy (non-hydrogen) atoms. The van der Waals surface area contributed by atoms with Gasteiger partial charge in [-0.1, -0.05) is 46.3 Å². The van der Waals surface area contributed by atoms with Crippen molar-refractivity contribution in [2.24, 2.45) is 11.8 Å². The highest BCUT2D eigenvalue weighted by Gasteiger charge is 2.63. The average Bonchev–Trinajstić information content (AvgIpc) is 2.62. The lowest BCUT2D eigenvalue weighted by molar-refractivity contribution is 0.746. The number of hydrogen-bond donors (Lipinski definition) is 0. The van der Waals surface area contributed by atoms with Gasteiger partial charge in [0.2, 0.25) is 0 Å². The lowest BCUT2D eigenvalue weighted by Crippen LogP contribution is -1.94. The van der Waals surface area contributed by atoms with Crippen LogP contribution in [0, 0.1) is 11.8 Å². The number of benzene rings is 1. The molecule has 0 aromatic heterocycles. The van der Waals surface area contributed by atoms with E-state index in [0.29, 0.717) is 5.92 Å². The number of rotatable bonds is 0. The molecule has 1 heteroatoms. The van der Waals surface area contributed by atoms with E-state index in [1.54, 1.807) is 11.1 Å². The number of allylic oxidation sites excluding steroid dienone is 2. The van der Waals surface area contributed by atoms with Crippen LogP contribution in [0.3, 0.4) is 0 Å². The fourth-order valence-electron chi connectivity index (χ4n) is 3.34. The summed E-state index contributed by atoms with van der Waals surface area (Å²) in [5.74, 6) is 3.38. The smallest absolute Gasteiger partial charge is 0.0195 e. The van der Waals surface area contributed by atoms with Crippen molar-refractivity contribution in [1.82, 2.24) is 0 Å². The molecule has 0 radical (unpaired) electrons. The molecule has 1 saturated carbocycles. The molecule has 64 valence electrons. The van der Waals surface area contributed by atoms with Gasteiger partial charge in [0, 0.05) is 5.92 Å². The second-order valence-electron chi connectivity index (χ2n) is 4.34. The maximum absolute atomic E-state index is 3.69. The van der Waals surface area contributed by atoms with Crippen LogP contribution in [0.1, 0.15) is 23.0 Å². The van der Waals surface area contributed by atoms with E-state index in [4.69, 9.17) is 0 Å². The van der Waals surface area contributed by atoms with Gasteiger partial charge in [-0.15, -0.1) is 0 Å². The van der Waals surface area contributed by atoms with Gasteiger partial charge in [-0.3, -0.25) is 0 Å². The Hall–Kier alpha value is -0.560. The maximum Gasteiger partial charge on any atom is 0.0195 e. The molecule has 3 aliphatic carbocycles. The van der Waals surface area contributed by atoms with Gasteiger partial charge in [-0.25, -0.2) is 0 Å². The van der Waals surface area contributed by atoms with Crippen LogP contribution in [0.25, 0.3) is 0 Å². The highest BCUT2D eigenvalue weighted by Crippen LogP contribution is 2.73. The minimum Gasteiger partial charge on any atom is -0.0697 e. The summed E-state index contributed by atoms with van der Waals surface area (Å²) in [6, 6.07) is 8.94. The fourth-order valence-corrected chi connectivity index (χ4v) is 4.20. The van der Waals surface area contributed by atoms with E-state index in [9.17, 15) is 0 Å². The first-order chi connectivity index (χ1) is 6.38. The van der Waals surface area contributed by atoms with E-state index in [2.05, 4.69) is 46.3 Å². The fraction of sp³-hybridized carbons (Fsp3) is 0.333. The SMILES string of the molecule is BrC1=C[C@H]2[C@H]3c4ccccc4[C@@H]1[C@@H]23. The molecule has 0 aliphatic heterocycles. The van der Waals surface area contributed by atoms with E-state index in [1.807, 2.05) is 0 Å². The number of hydrogen-bond acceptors (Lipinski definition) is 0. The Bertz CT molecular complexity index is 433. The van der Waals surface area contributed by atoms with Crippen molar-refractivity contribution in [3.8, 4) is 0 Å². The van der Waals surface area contributed by atoms with Crippen molar-refractivity contribution >= 4 is 15.9 Å². The second-order valence-corrected chi connectivity index (χ2v) is 5.25. The normalized spacial score (nSPS) is 42.7. The Morgan fingerprint density at radius 3 is 2.69 bits per heavy atom. The molecule has 0 amide bonds. The first-order valence-corrected chi connectivity index (χ1v) is 5.63. The van der Waals surface area contributed by atoms with E-state index >= 15 is 0 Å². The Morgan fingerprint density at radius 1 is 1.08 bits per heavy atom. The van der Waals surface area contributed by atoms with Gasteiger partial charge in [0.25, 0.3) is 0 Å². The van der Waals surface area contributed by atoms with E-state index < -0.39 is 0 Å². The Balaban J connectivity index is 2.02. The summed E-state index contributed by atoms with van der Waals surface area (Å²) in [5, 5.41) is 0. The Kier molecular flexibility index (Phi) is 1.01. The summed E-state index contributed by atoms with van der Waals surface area (Å²) in [6.45, 7) is 0. The van der Waals surface area contributed by atoms with Crippen LogP contribution in [0.4, 0.5) is 0 Å². The van der Waals surface area contributed by atoms with Gasteiger partial charge in [-0.2, -0.15) is 0 Å². The molecule has 4 rings (SSSR count). The summed E-state index contributed by atoms with van der Waals surface area (Å²) in [6.07, 6.45) is 2.43. The zero-order valence-electron chi connectivity index (χ0n) is 7.07. The van der Waals surface area contributed by atoms with Crippen LogP contribution in [0.2, 0.25) is 0 Å². The maximum atomic E-state index is 3.69. The summed E-state index contributed by atoms with van der Waals surface area (Å²) >= 11 is 3.69. The van der Waals surface area contributed by atoms with Crippen molar-refractivity contribution in [2.45, 2.75) is 11.8 Å². The molecule has 3 aliphatic rings. The quantitative estimate of drug-likeness (QED) is 0.644. The molecular formula is C12H9Br. The molecule has 1 fully saturated rings. The van der Waals surface area contributed by atoms with Crippen LogP contribution < -0.4 is 0 Å². The van der Waals surface area contributed by atoms with E-state index in [0.717, 1.165) is 17.8 Å². The molecule has 1 aromatic carbocycles. The molecule has 4 atom stereocenters. The van der Waals surface area contributed by atoms with Crippen LogP contribution in [0.15, 0.2) is 34.8 Å². The molecule has 0 heterocycles. The van der Waals surface area contributed by atoms with Crippen molar-refractivity contribution in [3.63, 3.8) is 0 Å². The van der Waals surface area contributed by atoms with Crippen molar-refractivity contribution in [1.29, 1.82) is 0 Å². The first kappa shape index (κ1) is 6.83. The topological polar surface area (TPSA) is 0 Å². The van der Waals surface area contributed by atoms with Crippen LogP contribution in [-0.4, -0.2) is 0 Å². The van der Waals surface area contributed by atoms with Gasteiger partial charge >= 0.3 is 0 Å². The third-order valence-electron chi connectivity index (χ3n) is 3.86. The summed E-state index contributed by atoms with van der Waals surface area (Å²) in [5.41, 5.74) is 3.20. The summed E-state index contributed by atoms with van der Waals surface area (Å²) < 4.78 is 1.43. The summed E-state index contributed by atoms with van der Waals surface area (Å²) in [4.78, 5) is 0. The molecule has 0 spiro atoms. The van der Waals surface area contributed by atoms with Gasteiger partial charge in [0.15, 0.2) is 0 Å². The highest BCUT2D eigenvalue weighted by molar-refractivity contribution is 9.11. The first-order valence-electron chi connectivity index (χ1n) is 4.84. The third-order valence-corrected chi connectivity index (χ3v) is 4.61. The predicted molar refractivity (Wildman–Crippen MR) is 55.9 cm³/mol. The van der Waals surface area contributed by atoms with Crippen LogP contribution >= 0.6 is 15.9 Å². The third kappa shape index (κ3) is 0.623. The van der Waals surface area contributed by atoms with Gasteiger partial charge in [-0.05, 0) is 33.4 Å². The Labute approximate surface area is 85.8 Å². The predicted octanol–water partition coefficient (Wildman–Crippen LogP) is 3.41. The minimum atomic E-state index is 0.714. The molecule has 0 saturated heterocycles. The molecule has 0 bridgehead atoms. The minimum absolute atomic E-state index is 0.714. The average molecular weight is 233 g/mol. The highest BCUT2D eigenvalue weighted by atomic mass is 79.9. The summed E-state index contributed by atoms with van der Waals surface area (Å²) in [7, 11) is 0. The van der Waals surface area contributed by atoms with Gasteiger partial charge < -0.3 is 0 Å². The Morgan fingerprint density at radius 2 is 1.85 bits per heavy atom. The van der Waals surface area contributed by atoms with Gasteiger partial charge in [0.1, 0.15) is 0 Å². The van der Waals surface area contributed by atoms with Crippen molar-refractivity contribution < 1.29 is 0 Å². The van der Waals surface area contributed by atoms with Crippen LogP contribution in [0.5, 0.6) is 0 Å². The van der Waals surface area contributed by atoms with Crippen molar-refractivity contribution in [3.05, 3.63) is 46.0 Å². The van der Waals surface area contributed by atoms with E-state index in [-0.39, 0.29) is 0 Å². The molecular weight excluding hydrogens is 224 g/mol. The largest absolute Gasteiger partial charge is 0.0697 e. The lowest BCUT2D eigenvalue weighted by Gasteiger charge is -2.09. The van der Waals surface area contributed by atoms with Gasteiger partial charge in [0.05, 0.1) is 0 Å². The lowest BCUT2D eigenvalue weighted by atomic mass is 9.98. The molecule has 0 unspecified atom stereocenters. The molecule has 0 N–H and O–H groups in total. The standard InChI is InChI=1S/C12H9Br/c13-9-5-8-10-6-3-1-2-4-7(6)11(9)12(8)10/h1-5,8,10-12H/t8-,10+,11-,12-/m0/s1. The van der Waals surface area contributed by atoms with E-state index in [1.165, 1.54) is 4.48 Å². The number of fused-ring (bicyclic) bond motifs is 4. The zero-order valence-corrected chi connectivity index (χ0v) is 8.66. The molecule has 0 nitrogen and oxygen atoms in total. The second kappa shape index (κ2) is 1.93. The monoisotopic (exact) mass is 232 g/mol. The molecule has 1 aromatic rings. The van der Waals surface area contributed by atoms with Crippen molar-refractivity contribution in [2.75, 3.05) is 0 Å². The zero-order chi connectivity index (χ0) is 8.58. The van der Waals surface area contributed by atoms with Crippen LogP contribution in [-0.2, 0) is 0 Å².